The molecule has 0 aliphatic rings. The van der Waals surface area contributed by atoms with Crippen LogP contribution < -0.4 is 0 Å². The van der Waals surface area contributed by atoms with Gasteiger partial charge in [0.25, 0.3) is 0 Å². The number of nitriles is 1. The van der Waals surface area contributed by atoms with Gasteiger partial charge in [-0.1, -0.05) is 41.9 Å². The van der Waals surface area contributed by atoms with E-state index < -0.39 is 0 Å². The van der Waals surface area contributed by atoms with Crippen LogP contribution in [0, 0.1) is 17.2 Å². The SMILES string of the molecule is CC(C)CC(C#N)c1ccc(Br)cc1. The molecule has 0 saturated carbocycles. The topological polar surface area (TPSA) is 23.8 Å². The Balaban J connectivity index is 2.80. The van der Waals surface area contributed by atoms with E-state index >= 15 is 0 Å². The van der Waals surface area contributed by atoms with E-state index in [0.29, 0.717) is 5.92 Å². The van der Waals surface area contributed by atoms with Gasteiger partial charge in [-0.25, -0.2) is 0 Å². The highest BCUT2D eigenvalue weighted by Crippen LogP contribution is 2.24. The first kappa shape index (κ1) is 11.3. The minimum atomic E-state index is 0.0306. The Bertz CT molecular complexity index is 321. The van der Waals surface area contributed by atoms with Crippen molar-refractivity contribution in [1.82, 2.24) is 0 Å². The summed E-state index contributed by atoms with van der Waals surface area (Å²) in [5, 5.41) is 9.04. The minimum absolute atomic E-state index is 0.0306. The van der Waals surface area contributed by atoms with Crippen LogP contribution >= 0.6 is 15.9 Å². The van der Waals surface area contributed by atoms with Crippen molar-refractivity contribution in [3.63, 3.8) is 0 Å². The van der Waals surface area contributed by atoms with Crippen LogP contribution in [0.15, 0.2) is 28.7 Å². The predicted molar refractivity (Wildman–Crippen MR) is 62.0 cm³/mol. The van der Waals surface area contributed by atoms with Crippen LogP contribution in [-0.4, -0.2) is 0 Å². The Morgan fingerprint density at radius 3 is 2.29 bits per heavy atom. The van der Waals surface area contributed by atoms with Crippen LogP contribution in [0.4, 0.5) is 0 Å². The van der Waals surface area contributed by atoms with E-state index in [1.807, 2.05) is 24.3 Å². The number of halogens is 1. The molecule has 0 heterocycles. The molecule has 14 heavy (non-hydrogen) atoms. The van der Waals surface area contributed by atoms with Gasteiger partial charge in [-0.05, 0) is 30.0 Å². The molecule has 1 atom stereocenters. The summed E-state index contributed by atoms with van der Waals surface area (Å²) in [6.45, 7) is 4.28. The molecule has 0 fully saturated rings. The molecular formula is C12H14BrN. The summed E-state index contributed by atoms with van der Waals surface area (Å²) >= 11 is 3.38. The third-order valence-corrected chi connectivity index (χ3v) is 2.66. The van der Waals surface area contributed by atoms with Gasteiger partial charge in [-0.2, -0.15) is 5.26 Å². The molecule has 1 rings (SSSR count). The van der Waals surface area contributed by atoms with Gasteiger partial charge in [-0.3, -0.25) is 0 Å². The minimum Gasteiger partial charge on any atom is -0.198 e. The van der Waals surface area contributed by atoms with Gasteiger partial charge < -0.3 is 0 Å². The van der Waals surface area contributed by atoms with Crippen molar-refractivity contribution in [3.8, 4) is 6.07 Å². The maximum absolute atomic E-state index is 9.04. The van der Waals surface area contributed by atoms with E-state index in [1.165, 1.54) is 0 Å². The number of hydrogen-bond donors (Lipinski definition) is 0. The van der Waals surface area contributed by atoms with E-state index in [2.05, 4.69) is 35.8 Å². The highest BCUT2D eigenvalue weighted by Gasteiger charge is 2.11. The highest BCUT2D eigenvalue weighted by atomic mass is 79.9. The van der Waals surface area contributed by atoms with Gasteiger partial charge >= 0.3 is 0 Å². The molecule has 74 valence electrons. The molecule has 1 nitrogen and oxygen atoms in total. The first-order valence-corrected chi connectivity index (χ1v) is 5.58. The van der Waals surface area contributed by atoms with Gasteiger partial charge in [0, 0.05) is 4.47 Å². The molecule has 0 aromatic heterocycles. The Labute approximate surface area is 93.9 Å². The summed E-state index contributed by atoms with van der Waals surface area (Å²) in [5.41, 5.74) is 1.12. The Kier molecular flexibility index (Phi) is 4.16. The molecule has 1 aromatic carbocycles. The molecule has 0 amide bonds. The summed E-state index contributed by atoms with van der Waals surface area (Å²) in [6.07, 6.45) is 0.929. The van der Waals surface area contributed by atoms with E-state index in [1.54, 1.807) is 0 Å². The van der Waals surface area contributed by atoms with Gasteiger partial charge in [-0.15, -0.1) is 0 Å². The molecule has 0 N–H and O–H groups in total. The zero-order valence-electron chi connectivity index (χ0n) is 8.50. The third-order valence-electron chi connectivity index (χ3n) is 2.14. The fourth-order valence-corrected chi connectivity index (χ4v) is 1.69. The molecule has 0 bridgehead atoms. The van der Waals surface area contributed by atoms with Crippen molar-refractivity contribution in [2.45, 2.75) is 26.2 Å². The lowest BCUT2D eigenvalue weighted by Crippen LogP contribution is -2.00. The van der Waals surface area contributed by atoms with Crippen molar-refractivity contribution in [1.29, 1.82) is 5.26 Å². The quantitative estimate of drug-likeness (QED) is 0.794. The van der Waals surface area contributed by atoms with Crippen molar-refractivity contribution >= 4 is 15.9 Å². The zero-order chi connectivity index (χ0) is 10.6. The Morgan fingerprint density at radius 2 is 1.86 bits per heavy atom. The molecule has 0 aliphatic heterocycles. The summed E-state index contributed by atoms with van der Waals surface area (Å²) in [4.78, 5) is 0. The monoisotopic (exact) mass is 251 g/mol. The summed E-state index contributed by atoms with van der Waals surface area (Å²) in [6, 6.07) is 10.4. The fourth-order valence-electron chi connectivity index (χ4n) is 1.43. The second-order valence-electron chi connectivity index (χ2n) is 3.86. The number of nitrogens with zero attached hydrogens (tertiary/aromatic N) is 1. The van der Waals surface area contributed by atoms with Gasteiger partial charge in [0.2, 0.25) is 0 Å². The smallest absolute Gasteiger partial charge is 0.0715 e. The molecule has 0 saturated heterocycles. The molecule has 0 aliphatic carbocycles. The van der Waals surface area contributed by atoms with Crippen molar-refractivity contribution in [2.24, 2.45) is 5.92 Å². The molecule has 2 heteroatoms. The third kappa shape index (κ3) is 3.16. The number of benzene rings is 1. The maximum Gasteiger partial charge on any atom is 0.0715 e. The normalized spacial score (nSPS) is 12.5. The van der Waals surface area contributed by atoms with Crippen molar-refractivity contribution < 1.29 is 0 Å². The summed E-state index contributed by atoms with van der Waals surface area (Å²) in [7, 11) is 0. The highest BCUT2D eigenvalue weighted by molar-refractivity contribution is 9.10. The van der Waals surface area contributed by atoms with E-state index in [0.717, 1.165) is 16.5 Å². The lowest BCUT2D eigenvalue weighted by atomic mass is 9.92. The number of hydrogen-bond acceptors (Lipinski definition) is 1. The van der Waals surface area contributed by atoms with E-state index in [-0.39, 0.29) is 5.92 Å². The van der Waals surface area contributed by atoms with Crippen molar-refractivity contribution in [2.75, 3.05) is 0 Å². The van der Waals surface area contributed by atoms with Crippen LogP contribution in [0.25, 0.3) is 0 Å². The van der Waals surface area contributed by atoms with Gasteiger partial charge in [0.05, 0.1) is 12.0 Å². The predicted octanol–water partition coefficient (Wildman–Crippen LogP) is 4.10. The van der Waals surface area contributed by atoms with Crippen LogP contribution in [0.2, 0.25) is 0 Å². The average molecular weight is 252 g/mol. The van der Waals surface area contributed by atoms with Crippen molar-refractivity contribution in [3.05, 3.63) is 34.3 Å². The van der Waals surface area contributed by atoms with Gasteiger partial charge in [0.1, 0.15) is 0 Å². The zero-order valence-corrected chi connectivity index (χ0v) is 10.1. The lowest BCUT2D eigenvalue weighted by molar-refractivity contribution is 0.555. The second kappa shape index (κ2) is 5.17. The Morgan fingerprint density at radius 1 is 1.29 bits per heavy atom. The Hall–Kier alpha value is -0.810. The molecule has 1 aromatic rings. The molecule has 0 radical (unpaired) electrons. The number of rotatable bonds is 3. The standard InChI is InChI=1S/C12H14BrN/c1-9(2)7-11(8-14)10-3-5-12(13)6-4-10/h3-6,9,11H,7H2,1-2H3. The molecular weight excluding hydrogens is 238 g/mol. The van der Waals surface area contributed by atoms with Crippen LogP contribution in [-0.2, 0) is 0 Å². The molecule has 0 spiro atoms. The first-order chi connectivity index (χ1) is 6.63. The maximum atomic E-state index is 9.04. The first-order valence-electron chi connectivity index (χ1n) is 4.78. The van der Waals surface area contributed by atoms with Crippen LogP contribution in [0.5, 0.6) is 0 Å². The average Bonchev–Trinajstić information content (AvgIpc) is 2.15. The fraction of sp³-hybridized carbons (Fsp3) is 0.417. The summed E-state index contributed by atoms with van der Waals surface area (Å²) < 4.78 is 1.06. The molecule has 1 unspecified atom stereocenters. The van der Waals surface area contributed by atoms with E-state index in [9.17, 15) is 0 Å². The lowest BCUT2D eigenvalue weighted by Gasteiger charge is -2.11. The summed E-state index contributed by atoms with van der Waals surface area (Å²) in [5.74, 6) is 0.589. The van der Waals surface area contributed by atoms with E-state index in [4.69, 9.17) is 5.26 Å². The van der Waals surface area contributed by atoms with Crippen LogP contribution in [0.3, 0.4) is 0 Å². The van der Waals surface area contributed by atoms with Gasteiger partial charge in [0.15, 0.2) is 0 Å². The second-order valence-corrected chi connectivity index (χ2v) is 4.78. The van der Waals surface area contributed by atoms with Crippen LogP contribution in [0.1, 0.15) is 31.7 Å². The largest absolute Gasteiger partial charge is 0.198 e.